The maximum atomic E-state index is 13.6. The van der Waals surface area contributed by atoms with Crippen LogP contribution in [-0.4, -0.2) is 54.8 Å². The van der Waals surface area contributed by atoms with Gasteiger partial charge in [0.25, 0.3) is 5.56 Å². The molecule has 0 bridgehead atoms. The Bertz CT molecular complexity index is 1530. The SMILES string of the molecule is CC#CCn1c(N2CCNCC2)nc2c1c(=O)n(Cc1ccc3ncccc3n1)c(=O)n2C. The molecule has 0 radical (unpaired) electrons. The molecule has 168 valence electrons. The maximum absolute atomic E-state index is 13.6. The van der Waals surface area contributed by atoms with E-state index in [-0.39, 0.29) is 6.54 Å². The van der Waals surface area contributed by atoms with Crippen LogP contribution in [0.4, 0.5) is 5.95 Å². The summed E-state index contributed by atoms with van der Waals surface area (Å²) in [6.45, 7) is 5.32. The van der Waals surface area contributed by atoms with Crippen molar-refractivity contribution >= 4 is 28.1 Å². The molecule has 4 aromatic heterocycles. The number of nitrogens with zero attached hydrogens (tertiary/aromatic N) is 7. The summed E-state index contributed by atoms with van der Waals surface area (Å²) >= 11 is 0. The number of nitrogens with one attached hydrogen (secondary N) is 1. The summed E-state index contributed by atoms with van der Waals surface area (Å²) in [6, 6.07) is 7.29. The van der Waals surface area contributed by atoms with Gasteiger partial charge in [-0.05, 0) is 31.2 Å². The summed E-state index contributed by atoms with van der Waals surface area (Å²) in [5.74, 6) is 6.60. The predicted octanol–water partition coefficient (Wildman–Crippen LogP) is 0.321. The van der Waals surface area contributed by atoms with Crippen molar-refractivity contribution in [2.45, 2.75) is 20.0 Å². The highest BCUT2D eigenvalue weighted by molar-refractivity contribution is 5.75. The number of hydrogen-bond acceptors (Lipinski definition) is 7. The third-order valence-electron chi connectivity index (χ3n) is 5.86. The number of anilines is 1. The monoisotopic (exact) mass is 444 g/mol. The molecular formula is C23H24N8O2. The lowest BCUT2D eigenvalue weighted by atomic mass is 10.2. The number of aromatic nitrogens is 6. The zero-order valence-electron chi connectivity index (χ0n) is 18.6. The molecule has 1 saturated heterocycles. The van der Waals surface area contributed by atoms with E-state index in [1.807, 2.05) is 16.7 Å². The van der Waals surface area contributed by atoms with E-state index >= 15 is 0 Å². The third-order valence-corrected chi connectivity index (χ3v) is 5.86. The Balaban J connectivity index is 1.68. The molecule has 0 aliphatic carbocycles. The molecule has 33 heavy (non-hydrogen) atoms. The van der Waals surface area contributed by atoms with Gasteiger partial charge >= 0.3 is 5.69 Å². The average Bonchev–Trinajstić information content (AvgIpc) is 3.24. The van der Waals surface area contributed by atoms with Crippen molar-refractivity contribution < 1.29 is 0 Å². The summed E-state index contributed by atoms with van der Waals surface area (Å²) in [5, 5.41) is 3.32. The first-order chi connectivity index (χ1) is 16.1. The van der Waals surface area contributed by atoms with Crippen molar-refractivity contribution in [2.75, 3.05) is 31.1 Å². The molecule has 5 rings (SSSR count). The van der Waals surface area contributed by atoms with E-state index in [1.165, 1.54) is 9.13 Å². The number of hydrogen-bond donors (Lipinski definition) is 1. The third kappa shape index (κ3) is 3.66. The van der Waals surface area contributed by atoms with Crippen LogP contribution in [0, 0.1) is 11.8 Å². The van der Waals surface area contributed by atoms with Crippen molar-refractivity contribution in [1.29, 1.82) is 0 Å². The minimum atomic E-state index is -0.432. The van der Waals surface area contributed by atoms with Crippen LogP contribution in [0.1, 0.15) is 12.6 Å². The highest BCUT2D eigenvalue weighted by Gasteiger charge is 2.24. The van der Waals surface area contributed by atoms with Gasteiger partial charge in [0.15, 0.2) is 11.2 Å². The van der Waals surface area contributed by atoms with Gasteiger partial charge < -0.3 is 10.2 Å². The van der Waals surface area contributed by atoms with Gasteiger partial charge in [-0.3, -0.25) is 23.5 Å². The van der Waals surface area contributed by atoms with Crippen molar-refractivity contribution in [3.63, 3.8) is 0 Å². The van der Waals surface area contributed by atoms with Crippen LogP contribution in [0.5, 0.6) is 0 Å². The van der Waals surface area contributed by atoms with E-state index in [1.54, 1.807) is 32.3 Å². The van der Waals surface area contributed by atoms with Gasteiger partial charge in [-0.2, -0.15) is 4.98 Å². The summed E-state index contributed by atoms with van der Waals surface area (Å²) in [5.41, 5.74) is 1.99. The molecule has 0 atom stereocenters. The fraction of sp³-hybridized carbons (Fsp3) is 0.348. The first-order valence-electron chi connectivity index (χ1n) is 10.8. The molecule has 0 spiro atoms. The van der Waals surface area contributed by atoms with Gasteiger partial charge in [-0.15, -0.1) is 5.92 Å². The van der Waals surface area contributed by atoms with Crippen LogP contribution < -0.4 is 21.5 Å². The van der Waals surface area contributed by atoms with Crippen LogP contribution in [0.2, 0.25) is 0 Å². The maximum Gasteiger partial charge on any atom is 0.332 e. The van der Waals surface area contributed by atoms with Gasteiger partial charge in [-0.1, -0.05) is 5.92 Å². The first-order valence-corrected chi connectivity index (χ1v) is 10.8. The molecule has 1 N–H and O–H groups in total. The largest absolute Gasteiger partial charge is 0.340 e. The van der Waals surface area contributed by atoms with Gasteiger partial charge in [0.1, 0.15) is 0 Å². The molecule has 5 heterocycles. The van der Waals surface area contributed by atoms with Crippen LogP contribution in [0.3, 0.4) is 0 Å². The quantitative estimate of drug-likeness (QED) is 0.452. The summed E-state index contributed by atoms with van der Waals surface area (Å²) in [6.07, 6.45) is 1.70. The Kier molecular flexibility index (Phi) is 5.40. The second-order valence-electron chi connectivity index (χ2n) is 7.91. The van der Waals surface area contributed by atoms with Crippen LogP contribution in [0.15, 0.2) is 40.1 Å². The van der Waals surface area contributed by atoms with E-state index in [2.05, 4.69) is 32.0 Å². The predicted molar refractivity (Wildman–Crippen MR) is 126 cm³/mol. The molecular weight excluding hydrogens is 420 g/mol. The van der Waals surface area contributed by atoms with Gasteiger partial charge in [0, 0.05) is 39.4 Å². The Hall–Kier alpha value is -3.97. The average molecular weight is 444 g/mol. The smallest absolute Gasteiger partial charge is 0.332 e. The summed E-state index contributed by atoms with van der Waals surface area (Å²) in [7, 11) is 1.64. The van der Waals surface area contributed by atoms with Crippen molar-refractivity contribution in [3.8, 4) is 11.8 Å². The lowest BCUT2D eigenvalue weighted by Gasteiger charge is -2.28. The summed E-state index contributed by atoms with van der Waals surface area (Å²) in [4.78, 5) is 42.5. The van der Waals surface area contributed by atoms with E-state index in [4.69, 9.17) is 4.98 Å². The first kappa shape index (κ1) is 20.9. The zero-order valence-corrected chi connectivity index (χ0v) is 18.6. The van der Waals surface area contributed by atoms with E-state index < -0.39 is 11.2 Å². The Labute approximate surface area is 189 Å². The molecule has 4 aromatic rings. The van der Waals surface area contributed by atoms with Crippen LogP contribution in [0.25, 0.3) is 22.2 Å². The molecule has 1 aliphatic heterocycles. The number of aryl methyl sites for hydroxylation is 1. The van der Waals surface area contributed by atoms with Gasteiger partial charge in [-0.25, -0.2) is 9.78 Å². The summed E-state index contributed by atoms with van der Waals surface area (Å²) < 4.78 is 4.47. The topological polar surface area (TPSA) is 103 Å². The van der Waals surface area contributed by atoms with E-state index in [0.717, 1.165) is 31.7 Å². The Morgan fingerprint density at radius 2 is 1.88 bits per heavy atom. The minimum absolute atomic E-state index is 0.0554. The highest BCUT2D eigenvalue weighted by atomic mass is 16.2. The number of pyridine rings is 2. The lowest BCUT2D eigenvalue weighted by Crippen LogP contribution is -2.44. The molecule has 1 aliphatic rings. The zero-order chi connectivity index (χ0) is 22.9. The normalized spacial score (nSPS) is 13.9. The van der Waals surface area contributed by atoms with Crippen molar-refractivity contribution in [2.24, 2.45) is 7.05 Å². The highest BCUT2D eigenvalue weighted by Crippen LogP contribution is 2.20. The van der Waals surface area contributed by atoms with Gasteiger partial charge in [0.05, 0.1) is 29.8 Å². The minimum Gasteiger partial charge on any atom is -0.340 e. The van der Waals surface area contributed by atoms with Crippen molar-refractivity contribution in [3.05, 3.63) is 57.0 Å². The molecule has 0 saturated carbocycles. The van der Waals surface area contributed by atoms with Crippen LogP contribution >= 0.6 is 0 Å². The number of imidazole rings is 1. The molecule has 0 amide bonds. The fourth-order valence-corrected chi connectivity index (χ4v) is 4.16. The van der Waals surface area contributed by atoms with E-state index in [0.29, 0.717) is 34.9 Å². The molecule has 0 unspecified atom stereocenters. The number of fused-ring (bicyclic) bond motifs is 2. The molecule has 10 heteroatoms. The number of rotatable bonds is 4. The second kappa shape index (κ2) is 8.52. The lowest BCUT2D eigenvalue weighted by molar-refractivity contribution is 0.572. The van der Waals surface area contributed by atoms with Crippen molar-refractivity contribution in [1.82, 2.24) is 34.0 Å². The fourth-order valence-electron chi connectivity index (χ4n) is 4.16. The Morgan fingerprint density at radius 1 is 1.06 bits per heavy atom. The number of piperazine rings is 1. The Morgan fingerprint density at radius 3 is 2.67 bits per heavy atom. The van der Waals surface area contributed by atoms with Gasteiger partial charge in [0.2, 0.25) is 5.95 Å². The van der Waals surface area contributed by atoms with E-state index in [9.17, 15) is 9.59 Å². The molecule has 10 nitrogen and oxygen atoms in total. The van der Waals surface area contributed by atoms with Crippen LogP contribution in [-0.2, 0) is 20.1 Å². The standard InChI is InChI=1S/C23H24N8O2/c1-3-4-12-30-19-20(27-22(30)29-13-10-24-11-14-29)28(2)23(33)31(21(19)32)15-16-7-8-17-18(26-16)6-5-9-25-17/h5-9,24H,10-15H2,1-2H3. The molecule has 1 fully saturated rings. The second-order valence-corrected chi connectivity index (χ2v) is 7.91. The molecule has 0 aromatic carbocycles.